The predicted octanol–water partition coefficient (Wildman–Crippen LogP) is 3.64. The first-order chi connectivity index (χ1) is 4.00. The molecule has 0 aromatic carbocycles. The zero-order chi connectivity index (χ0) is 8.50. The molecule has 0 atom stereocenters. The van der Waals surface area contributed by atoms with Crippen molar-refractivity contribution in [2.45, 2.75) is 13.9 Å². The van der Waals surface area contributed by atoms with Gasteiger partial charge in [0.15, 0.2) is 23.2 Å². The van der Waals surface area contributed by atoms with E-state index in [1.165, 1.54) is 0 Å². The van der Waals surface area contributed by atoms with E-state index in [1.807, 2.05) is 4.93 Å². The van der Waals surface area contributed by atoms with Crippen molar-refractivity contribution in [2.75, 3.05) is 4.93 Å². The van der Waals surface area contributed by atoms with Crippen LogP contribution in [-0.4, -0.2) is 16.8 Å². The van der Waals surface area contributed by atoms with E-state index < -0.39 is 6.43 Å². The van der Waals surface area contributed by atoms with E-state index in [2.05, 4.69) is 22.6 Å². The molecule has 0 spiro atoms. The van der Waals surface area contributed by atoms with Crippen LogP contribution in [0.4, 0.5) is 20.4 Å². The van der Waals surface area contributed by atoms with E-state index in [1.54, 1.807) is 0 Å². The van der Waals surface area contributed by atoms with Gasteiger partial charge in [-0.25, -0.2) is 0 Å². The van der Waals surface area contributed by atoms with Gasteiger partial charge in [-0.3, -0.25) is 0 Å². The van der Waals surface area contributed by atoms with Gasteiger partial charge in [0, 0.05) is 0 Å². The highest BCUT2D eigenvalue weighted by atomic mass is 127. The topological polar surface area (TPSA) is 31.5 Å². The summed E-state index contributed by atoms with van der Waals surface area (Å²) in [5.74, 6) is 0. The summed E-state index contributed by atoms with van der Waals surface area (Å²) in [7, 11) is 0. The second kappa shape index (κ2) is 22.5. The van der Waals surface area contributed by atoms with Gasteiger partial charge in [0.25, 0.3) is 0 Å². The molecule has 11 heavy (non-hydrogen) atoms. The molecule has 0 aromatic heterocycles. The second-order valence-corrected chi connectivity index (χ2v) is 0.429. The zero-order valence-electron chi connectivity index (χ0n) is 4.65. The first kappa shape index (κ1) is 29.6. The smallest absolute Gasteiger partial charge is 0.412 e. The number of alkyl halides is 5. The molecule has 0 radical (unpaired) electrons. The van der Waals surface area contributed by atoms with Gasteiger partial charge in [0.2, 0.25) is 0 Å². The molecule has 0 aliphatic heterocycles. The molecule has 0 bridgehead atoms. The fourth-order valence-corrected chi connectivity index (χ4v) is 0. The lowest BCUT2D eigenvalue weighted by atomic mass is 11.5. The van der Waals surface area contributed by atoms with Crippen LogP contribution in [0.25, 0.3) is 0 Å². The highest BCUT2D eigenvalue weighted by molar-refractivity contribution is 14.1. The maximum Gasteiger partial charge on any atom is 0.559 e. The van der Waals surface area contributed by atoms with Crippen molar-refractivity contribution in [2.24, 2.45) is 0 Å². The molecule has 0 unspecified atom stereocenters. The van der Waals surface area contributed by atoms with Gasteiger partial charge in [0.1, 0.15) is 0 Å². The van der Waals surface area contributed by atoms with Gasteiger partial charge < -0.3 is 5.48 Å². The maximum atomic E-state index is 9.69. The normalized spacial score (nSPS) is 6.55. The minimum atomic E-state index is -5.50. The Morgan fingerprint density at radius 2 is 0.909 bits per heavy atom. The average Bonchev–Trinajstić information content (AvgIpc) is 1.72. The summed E-state index contributed by atoms with van der Waals surface area (Å²) >= 11 is 2.80. The van der Waals surface area contributed by atoms with E-state index in [4.69, 9.17) is 0 Å². The van der Waals surface area contributed by atoms with Crippen LogP contribution in [0.5, 0.6) is 0 Å². The summed E-state index contributed by atoms with van der Waals surface area (Å²) in [6.45, 7) is 0. The Bertz CT molecular complexity index is 35.2. The maximum absolute atomic E-state index is 9.69. The monoisotopic (exact) mass is 410 g/mol. The van der Waals surface area contributed by atoms with Crippen LogP contribution in [0, 0.1) is 0 Å². The number of rotatable bonds is 0. The van der Waals surface area contributed by atoms with Gasteiger partial charge in [0.05, 0.1) is 0 Å². The Kier molecular flexibility index (Phi) is 60.4. The summed E-state index contributed by atoms with van der Waals surface area (Å²) in [5, 5.41) is 0. The molecule has 0 rings (SSSR count). The van der Waals surface area contributed by atoms with E-state index in [9.17, 15) is 20.4 Å². The van der Waals surface area contributed by atoms with Crippen molar-refractivity contribution >= 4 is 45.8 Å². The summed E-state index contributed by atoms with van der Waals surface area (Å²) in [6, 6.07) is 0. The van der Waals surface area contributed by atoms with Crippen molar-refractivity contribution in [1.29, 1.82) is 0 Å². The Morgan fingerprint density at radius 1 is 0.909 bits per heavy atom. The third-order valence-corrected chi connectivity index (χ3v) is 0. The fraction of sp³-hybridized carbons (Fsp3) is 1.00. The molecular formula is C3H9F5I2O. The van der Waals surface area contributed by atoms with Crippen molar-refractivity contribution < 1.29 is 25.9 Å². The largest absolute Gasteiger partial charge is 0.559 e. The fourth-order valence-electron chi connectivity index (χ4n) is 0. The van der Waals surface area contributed by atoms with Crippen LogP contribution < -0.4 is 0 Å². The van der Waals surface area contributed by atoms with Crippen molar-refractivity contribution in [3.8, 4) is 0 Å². The molecule has 0 aliphatic carbocycles. The average molecular weight is 410 g/mol. The number of halogens is 7. The van der Waals surface area contributed by atoms with Crippen LogP contribution in [0.2, 0.25) is 0 Å². The van der Waals surface area contributed by atoms with E-state index >= 15 is 0 Å². The second-order valence-electron chi connectivity index (χ2n) is 0.429. The van der Waals surface area contributed by atoms with E-state index in [0.717, 1.165) is 0 Å². The number of hydrogen-bond donors (Lipinski definition) is 0. The molecule has 0 fully saturated rings. The molecule has 0 amide bonds. The summed E-state index contributed by atoms with van der Waals surface area (Å²) in [4.78, 5) is 1.97. The lowest BCUT2D eigenvalue weighted by Crippen LogP contribution is -1.92. The van der Waals surface area contributed by atoms with Crippen LogP contribution >= 0.6 is 45.8 Å². The quantitative estimate of drug-likeness (QED) is 0.332. The zero-order valence-corrected chi connectivity index (χ0v) is 8.96. The Morgan fingerprint density at radius 3 is 0.909 bits per heavy atom. The molecule has 0 saturated carbocycles. The predicted molar refractivity (Wildman–Crippen MR) is 52.6 cm³/mol. The minimum absolute atomic E-state index is 0. The first-order valence-electron chi connectivity index (χ1n) is 1.28. The van der Waals surface area contributed by atoms with Gasteiger partial charge in [-0.05, 0) is 4.93 Å². The van der Waals surface area contributed by atoms with E-state index in [-0.39, 0.29) is 12.9 Å². The van der Waals surface area contributed by atoms with Crippen LogP contribution in [0.1, 0.15) is 7.43 Å². The molecule has 0 saturated heterocycles. The van der Waals surface area contributed by atoms with Gasteiger partial charge >= 0.3 is 6.43 Å². The molecule has 1 nitrogen and oxygen atoms in total. The van der Waals surface area contributed by atoms with Gasteiger partial charge in [-0.2, -0.15) is 2.86 Å². The lowest BCUT2D eigenvalue weighted by molar-refractivity contribution is -0.237. The SMILES string of the molecule is C.CI.FC(F)(F)F.FI.O. The number of hydrogen-bond acceptors (Lipinski definition) is 0. The molecule has 76 valence electrons. The van der Waals surface area contributed by atoms with Crippen molar-refractivity contribution in [3.05, 3.63) is 0 Å². The van der Waals surface area contributed by atoms with Crippen LogP contribution in [-0.2, 0) is 0 Å². The van der Waals surface area contributed by atoms with Gasteiger partial charge in [-0.1, -0.05) is 30.0 Å². The Balaban J connectivity index is -0.0000000178. The highest BCUT2D eigenvalue weighted by Gasteiger charge is 2.24. The van der Waals surface area contributed by atoms with E-state index in [0.29, 0.717) is 23.2 Å². The molecule has 8 heteroatoms. The third kappa shape index (κ3) is 795. The van der Waals surface area contributed by atoms with Crippen molar-refractivity contribution in [3.63, 3.8) is 0 Å². The summed E-state index contributed by atoms with van der Waals surface area (Å²) in [5.41, 5.74) is 0. The van der Waals surface area contributed by atoms with Crippen LogP contribution in [0.15, 0.2) is 0 Å². The lowest BCUT2D eigenvalue weighted by Gasteiger charge is -1.82. The highest BCUT2D eigenvalue weighted by Crippen LogP contribution is 2.13. The molecule has 2 N–H and O–H groups in total. The van der Waals surface area contributed by atoms with Gasteiger partial charge in [-0.15, -0.1) is 17.6 Å². The first-order valence-corrected chi connectivity index (χ1v) is 4.25. The van der Waals surface area contributed by atoms with Crippen LogP contribution in [0.3, 0.4) is 0 Å². The summed E-state index contributed by atoms with van der Waals surface area (Å²) in [6.07, 6.45) is -5.50. The summed E-state index contributed by atoms with van der Waals surface area (Å²) < 4.78 is 48.2. The standard InChI is InChI=1S/CF4.CH3I.CH4.FI.H2O/c2-1(3,4)5;1-2;;1-2;/h;1H3;1H4;;1H2. The molecular weight excluding hydrogens is 401 g/mol. The third-order valence-electron chi connectivity index (χ3n) is 0. The van der Waals surface area contributed by atoms with Crippen molar-refractivity contribution in [1.82, 2.24) is 0 Å². The Labute approximate surface area is 90.1 Å². The molecule has 0 aromatic rings. The minimum Gasteiger partial charge on any atom is -0.412 e. The molecule has 0 heterocycles. The molecule has 0 aliphatic rings. The Hall–Kier alpha value is 1.07.